The SMILES string of the molecule is [2H]c1c([2H])c([2H])c(-c2nc(-c3cccc(-c4ccc5sc6ccccc6c5c4)c3)nc(-c3cccc4c3-c3ccccc3C4(c3ccccc3)c3ccccc3)n2)c([2H])c1[2H]. The van der Waals surface area contributed by atoms with Crippen molar-refractivity contribution in [1.29, 1.82) is 0 Å². The van der Waals surface area contributed by atoms with Crippen LogP contribution < -0.4 is 0 Å². The summed E-state index contributed by atoms with van der Waals surface area (Å²) in [5.41, 5.74) is 9.09. The largest absolute Gasteiger partial charge is 0.208 e. The number of hydrogen-bond acceptors (Lipinski definition) is 4. The molecule has 0 fully saturated rings. The molecule has 56 heavy (non-hydrogen) atoms. The second-order valence-electron chi connectivity index (χ2n) is 14.0. The van der Waals surface area contributed by atoms with Gasteiger partial charge in [0.25, 0.3) is 0 Å². The second-order valence-corrected chi connectivity index (χ2v) is 15.0. The van der Waals surface area contributed by atoms with Crippen molar-refractivity contribution in [3.8, 4) is 56.4 Å². The number of aromatic nitrogens is 3. The molecule has 0 amide bonds. The van der Waals surface area contributed by atoms with Crippen molar-refractivity contribution in [3.05, 3.63) is 222 Å². The number of fused-ring (bicyclic) bond motifs is 6. The average molecular weight is 737 g/mol. The highest BCUT2D eigenvalue weighted by atomic mass is 32.1. The molecule has 1 aliphatic rings. The highest BCUT2D eigenvalue weighted by Gasteiger charge is 2.47. The summed E-state index contributed by atoms with van der Waals surface area (Å²) in [6, 6.07) is 56.5. The summed E-state index contributed by atoms with van der Waals surface area (Å²) in [6.07, 6.45) is 0. The molecule has 0 N–H and O–H groups in total. The Morgan fingerprint density at radius 3 is 1.80 bits per heavy atom. The Hall–Kier alpha value is -7.01. The molecular formula is C52H33N3S. The molecule has 0 saturated carbocycles. The van der Waals surface area contributed by atoms with E-state index in [0.29, 0.717) is 17.2 Å². The zero-order valence-electron chi connectivity index (χ0n) is 34.9. The van der Waals surface area contributed by atoms with E-state index in [1.54, 1.807) is 11.3 Å². The van der Waals surface area contributed by atoms with Crippen LogP contribution in [0.15, 0.2) is 200 Å². The molecule has 0 saturated heterocycles. The van der Waals surface area contributed by atoms with E-state index in [4.69, 9.17) is 21.8 Å². The van der Waals surface area contributed by atoms with Gasteiger partial charge < -0.3 is 0 Å². The number of thiophene rings is 1. The van der Waals surface area contributed by atoms with E-state index in [2.05, 4.69) is 121 Å². The van der Waals surface area contributed by atoms with Gasteiger partial charge in [0.15, 0.2) is 17.5 Å². The molecule has 0 atom stereocenters. The fourth-order valence-electron chi connectivity index (χ4n) is 8.52. The molecule has 0 bridgehead atoms. The van der Waals surface area contributed by atoms with Crippen molar-refractivity contribution in [2.75, 3.05) is 0 Å². The second kappa shape index (κ2) is 13.1. The average Bonchev–Trinajstić information content (AvgIpc) is 3.84. The van der Waals surface area contributed by atoms with Crippen molar-refractivity contribution in [1.82, 2.24) is 15.0 Å². The van der Waals surface area contributed by atoms with Crippen LogP contribution in [-0.4, -0.2) is 15.0 Å². The van der Waals surface area contributed by atoms with Crippen molar-refractivity contribution >= 4 is 31.5 Å². The van der Waals surface area contributed by atoms with Crippen LogP contribution >= 0.6 is 11.3 Å². The lowest BCUT2D eigenvalue weighted by atomic mass is 9.67. The van der Waals surface area contributed by atoms with Gasteiger partial charge in [0, 0.05) is 36.9 Å². The summed E-state index contributed by atoms with van der Waals surface area (Å²) >= 11 is 1.77. The summed E-state index contributed by atoms with van der Waals surface area (Å²) in [5, 5.41) is 2.40. The molecule has 0 spiro atoms. The van der Waals surface area contributed by atoms with Crippen molar-refractivity contribution in [2.45, 2.75) is 5.41 Å². The summed E-state index contributed by atoms with van der Waals surface area (Å²) in [6.45, 7) is 0. The number of nitrogens with zero attached hydrogens (tertiary/aromatic N) is 3. The van der Waals surface area contributed by atoms with E-state index in [0.717, 1.165) is 50.1 Å². The van der Waals surface area contributed by atoms with Gasteiger partial charge in [-0.3, -0.25) is 0 Å². The smallest absolute Gasteiger partial charge is 0.164 e. The van der Waals surface area contributed by atoms with Crippen LogP contribution in [-0.2, 0) is 5.41 Å². The molecule has 0 radical (unpaired) electrons. The number of benzene rings is 8. The normalized spacial score (nSPS) is 14.0. The lowest BCUT2D eigenvalue weighted by molar-refractivity contribution is 0.768. The first-order chi connectivity index (χ1) is 29.8. The predicted molar refractivity (Wildman–Crippen MR) is 232 cm³/mol. The van der Waals surface area contributed by atoms with Gasteiger partial charge in [-0.25, -0.2) is 15.0 Å². The molecule has 262 valence electrons. The van der Waals surface area contributed by atoms with Gasteiger partial charge >= 0.3 is 0 Å². The van der Waals surface area contributed by atoms with E-state index in [1.807, 2.05) is 48.5 Å². The van der Waals surface area contributed by atoms with E-state index >= 15 is 0 Å². The standard InChI is InChI=1S/C52H33N3S/c1-4-16-34(17-5-1)49-53-50(37-19-14-18-35(32-37)36-30-31-47-43(33-36)40-24-11-13-29-46(40)56-47)55-51(54-49)42-26-15-28-45-48(42)41-25-10-12-27-44(41)52(45,38-20-6-2-7-21-38)39-22-8-3-9-23-39/h1-33H/i1D,4D,5D,16D,17D. The maximum atomic E-state index is 8.97. The Balaban J connectivity index is 1.17. The number of rotatable bonds is 6. The van der Waals surface area contributed by atoms with Gasteiger partial charge in [-0.1, -0.05) is 176 Å². The van der Waals surface area contributed by atoms with Crippen LogP contribution in [0.4, 0.5) is 0 Å². The molecule has 0 aliphatic heterocycles. The van der Waals surface area contributed by atoms with Gasteiger partial charge in [0.2, 0.25) is 0 Å². The maximum Gasteiger partial charge on any atom is 0.164 e. The molecule has 8 aromatic carbocycles. The minimum Gasteiger partial charge on any atom is -0.208 e. The predicted octanol–water partition coefficient (Wildman–Crippen LogP) is 13.3. The Bertz CT molecular complexity index is 3320. The topological polar surface area (TPSA) is 38.7 Å². The minimum atomic E-state index is -0.667. The Labute approximate surface area is 336 Å². The first-order valence-electron chi connectivity index (χ1n) is 21.0. The molecule has 2 heterocycles. The fraction of sp³-hybridized carbons (Fsp3) is 0.0192. The van der Waals surface area contributed by atoms with Gasteiger partial charge in [-0.2, -0.15) is 0 Å². The van der Waals surface area contributed by atoms with Crippen molar-refractivity contribution in [2.24, 2.45) is 0 Å². The van der Waals surface area contributed by atoms with Crippen LogP contribution in [0.5, 0.6) is 0 Å². The molecule has 0 unspecified atom stereocenters. The molecule has 10 aromatic rings. The lowest BCUT2D eigenvalue weighted by Gasteiger charge is -2.33. The summed E-state index contributed by atoms with van der Waals surface area (Å²) < 4.78 is 45.8. The third-order valence-corrected chi connectivity index (χ3v) is 12.1. The quantitative estimate of drug-likeness (QED) is 0.171. The summed E-state index contributed by atoms with van der Waals surface area (Å²) in [5.74, 6) is 0.638. The monoisotopic (exact) mass is 736 g/mol. The van der Waals surface area contributed by atoms with Gasteiger partial charge in [0.1, 0.15) is 0 Å². The van der Waals surface area contributed by atoms with Crippen LogP contribution in [0.3, 0.4) is 0 Å². The summed E-state index contributed by atoms with van der Waals surface area (Å²) in [7, 11) is 0. The van der Waals surface area contributed by atoms with Crippen molar-refractivity contribution < 1.29 is 6.85 Å². The first-order valence-corrected chi connectivity index (χ1v) is 19.3. The van der Waals surface area contributed by atoms with Crippen LogP contribution in [0.1, 0.15) is 29.1 Å². The molecule has 1 aliphatic carbocycles. The van der Waals surface area contributed by atoms with E-state index in [1.165, 1.54) is 20.2 Å². The fourth-order valence-corrected chi connectivity index (χ4v) is 9.61. The highest BCUT2D eigenvalue weighted by Crippen LogP contribution is 2.58. The van der Waals surface area contributed by atoms with E-state index in [9.17, 15) is 0 Å². The molecular weight excluding hydrogens is 699 g/mol. The zero-order chi connectivity index (χ0) is 41.4. The van der Waals surface area contributed by atoms with Gasteiger partial charge in [-0.15, -0.1) is 11.3 Å². The molecule has 4 heteroatoms. The summed E-state index contributed by atoms with van der Waals surface area (Å²) in [4.78, 5) is 15.2. The first kappa shape index (κ1) is 27.6. The molecule has 11 rings (SSSR count). The van der Waals surface area contributed by atoms with Crippen molar-refractivity contribution in [3.63, 3.8) is 0 Å². The minimum absolute atomic E-state index is 0.00478. The van der Waals surface area contributed by atoms with Crippen LogP contribution in [0.25, 0.3) is 76.6 Å². The highest BCUT2D eigenvalue weighted by molar-refractivity contribution is 7.25. The van der Waals surface area contributed by atoms with Gasteiger partial charge in [-0.05, 0) is 68.8 Å². The third kappa shape index (κ3) is 5.07. The Morgan fingerprint density at radius 1 is 0.411 bits per heavy atom. The molecule has 3 nitrogen and oxygen atoms in total. The van der Waals surface area contributed by atoms with E-state index in [-0.39, 0.29) is 23.5 Å². The Kier molecular flexibility index (Phi) is 6.44. The third-order valence-electron chi connectivity index (χ3n) is 10.9. The Morgan fingerprint density at radius 2 is 1.00 bits per heavy atom. The maximum absolute atomic E-state index is 8.97. The van der Waals surface area contributed by atoms with Gasteiger partial charge in [0.05, 0.1) is 12.3 Å². The molecule has 2 aromatic heterocycles. The van der Waals surface area contributed by atoms with E-state index < -0.39 is 23.5 Å². The van der Waals surface area contributed by atoms with Crippen LogP contribution in [0.2, 0.25) is 0 Å². The lowest BCUT2D eigenvalue weighted by Crippen LogP contribution is -2.28. The number of hydrogen-bond donors (Lipinski definition) is 0. The zero-order valence-corrected chi connectivity index (χ0v) is 30.7. The van der Waals surface area contributed by atoms with Crippen LogP contribution in [0, 0.1) is 0 Å².